The highest BCUT2D eigenvalue weighted by Gasteiger charge is 2.56. The first kappa shape index (κ1) is 7.89. The van der Waals surface area contributed by atoms with Crippen molar-refractivity contribution in [3.63, 3.8) is 0 Å². The van der Waals surface area contributed by atoms with Gasteiger partial charge in [0, 0.05) is 9.64 Å². The van der Waals surface area contributed by atoms with Crippen molar-refractivity contribution < 1.29 is 4.74 Å². The van der Waals surface area contributed by atoms with Gasteiger partial charge in [0.05, 0.1) is 12.7 Å². The lowest BCUT2D eigenvalue weighted by molar-refractivity contribution is 0.398. The summed E-state index contributed by atoms with van der Waals surface area (Å²) in [6, 6.07) is 10.6. The zero-order valence-electron chi connectivity index (χ0n) is 7.40. The van der Waals surface area contributed by atoms with E-state index in [0.29, 0.717) is 10.9 Å². The minimum absolute atomic E-state index is 0.460. The third-order valence-corrected chi connectivity index (χ3v) is 4.31. The Kier molecular flexibility index (Phi) is 1.67. The average molecular weight is 192 g/mol. The smallest absolute Gasteiger partial charge is 0.0959 e. The van der Waals surface area contributed by atoms with Gasteiger partial charge in [0.15, 0.2) is 0 Å². The van der Waals surface area contributed by atoms with E-state index in [4.69, 9.17) is 4.74 Å². The van der Waals surface area contributed by atoms with Gasteiger partial charge in [0.2, 0.25) is 0 Å². The molecule has 1 aromatic carbocycles. The third-order valence-electron chi connectivity index (χ3n) is 2.73. The van der Waals surface area contributed by atoms with Gasteiger partial charge in [-0.2, -0.15) is 0 Å². The van der Waals surface area contributed by atoms with Crippen molar-refractivity contribution in [2.24, 2.45) is 0 Å². The summed E-state index contributed by atoms with van der Waals surface area (Å²) in [5, 5.41) is 0. The van der Waals surface area contributed by atoms with Crippen LogP contribution in [0.5, 0.6) is 0 Å². The fourth-order valence-electron chi connectivity index (χ4n) is 1.69. The van der Waals surface area contributed by atoms with Crippen LogP contribution in [0.25, 0.3) is 0 Å². The number of hydrogen-bond acceptors (Lipinski definition) is 2. The maximum absolute atomic E-state index is 5.39. The summed E-state index contributed by atoms with van der Waals surface area (Å²) in [6.07, 6.45) is 3.21. The van der Waals surface area contributed by atoms with Gasteiger partial charge in [0.25, 0.3) is 0 Å². The van der Waals surface area contributed by atoms with E-state index >= 15 is 0 Å². The average Bonchev–Trinajstić information content (AvgIpc) is 3.00. The summed E-state index contributed by atoms with van der Waals surface area (Å²) in [6.45, 7) is 0.986. The summed E-state index contributed by atoms with van der Waals surface area (Å²) >= 11 is 2.00. The van der Waals surface area contributed by atoms with Crippen molar-refractivity contribution in [1.82, 2.24) is 0 Å². The van der Waals surface area contributed by atoms with Crippen LogP contribution in [0, 0.1) is 0 Å². The van der Waals surface area contributed by atoms with Crippen molar-refractivity contribution in [1.29, 1.82) is 0 Å². The van der Waals surface area contributed by atoms with E-state index in [0.717, 1.165) is 6.61 Å². The summed E-state index contributed by atoms with van der Waals surface area (Å²) in [4.78, 5) is 1.38. The molecule has 2 fully saturated rings. The molecule has 0 radical (unpaired) electrons. The Labute approximate surface area is 82.5 Å². The fourth-order valence-corrected chi connectivity index (χ4v) is 3.02. The van der Waals surface area contributed by atoms with Crippen LogP contribution in [0.2, 0.25) is 0 Å². The second-order valence-corrected chi connectivity index (χ2v) is 5.29. The summed E-state index contributed by atoms with van der Waals surface area (Å²) < 4.78 is 5.85. The summed E-state index contributed by atoms with van der Waals surface area (Å²) in [5.74, 6) is 0. The molecule has 2 aliphatic rings. The maximum atomic E-state index is 5.39. The molecule has 2 heteroatoms. The fraction of sp³-hybridized carbons (Fsp3) is 0.455. The van der Waals surface area contributed by atoms with E-state index in [2.05, 4.69) is 30.3 Å². The van der Waals surface area contributed by atoms with Crippen molar-refractivity contribution >= 4 is 11.8 Å². The zero-order chi connectivity index (χ0) is 8.73. The molecule has 68 valence electrons. The molecule has 1 aliphatic carbocycles. The zero-order valence-corrected chi connectivity index (χ0v) is 8.22. The van der Waals surface area contributed by atoms with Crippen LogP contribution in [0.1, 0.15) is 12.8 Å². The Balaban J connectivity index is 1.75. The lowest BCUT2D eigenvalue weighted by Gasteiger charge is -2.10. The third kappa shape index (κ3) is 1.49. The molecule has 1 nitrogen and oxygen atoms in total. The van der Waals surface area contributed by atoms with Crippen LogP contribution >= 0.6 is 11.8 Å². The van der Waals surface area contributed by atoms with Gasteiger partial charge < -0.3 is 4.74 Å². The number of hydrogen-bond donors (Lipinski definition) is 0. The monoisotopic (exact) mass is 192 g/mol. The van der Waals surface area contributed by atoms with E-state index < -0.39 is 0 Å². The van der Waals surface area contributed by atoms with E-state index in [9.17, 15) is 0 Å². The highest BCUT2D eigenvalue weighted by atomic mass is 32.2. The van der Waals surface area contributed by atoms with Crippen LogP contribution < -0.4 is 0 Å². The van der Waals surface area contributed by atoms with Crippen LogP contribution in [0.3, 0.4) is 0 Å². The van der Waals surface area contributed by atoms with E-state index in [1.165, 1.54) is 17.7 Å². The van der Waals surface area contributed by atoms with E-state index in [-0.39, 0.29) is 0 Å². The first-order chi connectivity index (χ1) is 6.39. The van der Waals surface area contributed by atoms with Gasteiger partial charge in [-0.1, -0.05) is 18.2 Å². The van der Waals surface area contributed by atoms with Gasteiger partial charge >= 0.3 is 0 Å². The predicted molar refractivity (Wildman–Crippen MR) is 54.0 cm³/mol. The van der Waals surface area contributed by atoms with Gasteiger partial charge in [-0.25, -0.2) is 0 Å². The molecule has 1 heterocycles. The topological polar surface area (TPSA) is 12.5 Å². The Bertz CT molecular complexity index is 301. The molecule has 0 N–H and O–H groups in total. The number of ether oxygens (including phenoxy) is 1. The van der Waals surface area contributed by atoms with Crippen molar-refractivity contribution in [3.05, 3.63) is 30.3 Å². The molecular formula is C11H12OS. The van der Waals surface area contributed by atoms with Gasteiger partial charge in [0.1, 0.15) is 0 Å². The van der Waals surface area contributed by atoms with E-state index in [1.807, 2.05) is 11.8 Å². The Morgan fingerprint density at radius 1 is 1.23 bits per heavy atom. The highest BCUT2D eigenvalue weighted by Crippen LogP contribution is 2.57. The van der Waals surface area contributed by atoms with Crippen LogP contribution in [-0.2, 0) is 4.74 Å². The molecule has 0 amide bonds. The molecule has 1 unspecified atom stereocenters. The molecule has 3 rings (SSSR count). The second-order valence-electron chi connectivity index (χ2n) is 3.80. The Morgan fingerprint density at radius 2 is 1.92 bits per heavy atom. The SMILES string of the molecule is c1ccc(SC2(C3CO3)CC2)cc1. The van der Waals surface area contributed by atoms with Gasteiger partial charge in [-0.3, -0.25) is 0 Å². The molecule has 1 aliphatic heterocycles. The molecule has 0 bridgehead atoms. The number of benzene rings is 1. The summed E-state index contributed by atoms with van der Waals surface area (Å²) in [5.41, 5.74) is 0. The molecule has 1 saturated carbocycles. The number of epoxide rings is 1. The lowest BCUT2D eigenvalue weighted by atomic mass is 10.3. The van der Waals surface area contributed by atoms with Crippen LogP contribution in [0.15, 0.2) is 35.2 Å². The summed E-state index contributed by atoms with van der Waals surface area (Å²) in [7, 11) is 0. The number of rotatable bonds is 3. The second kappa shape index (κ2) is 2.76. The molecule has 1 aromatic rings. The van der Waals surface area contributed by atoms with Gasteiger partial charge in [-0.05, 0) is 25.0 Å². The molecule has 1 atom stereocenters. The van der Waals surface area contributed by atoms with Crippen molar-refractivity contribution in [2.45, 2.75) is 28.6 Å². The molecular weight excluding hydrogens is 180 g/mol. The van der Waals surface area contributed by atoms with Crippen LogP contribution in [-0.4, -0.2) is 17.5 Å². The maximum Gasteiger partial charge on any atom is 0.0959 e. The van der Waals surface area contributed by atoms with E-state index in [1.54, 1.807) is 0 Å². The predicted octanol–water partition coefficient (Wildman–Crippen LogP) is 2.71. The lowest BCUT2D eigenvalue weighted by Crippen LogP contribution is -2.11. The largest absolute Gasteiger partial charge is 0.372 e. The highest BCUT2D eigenvalue weighted by molar-refractivity contribution is 8.01. The molecule has 0 aromatic heterocycles. The standard InChI is InChI=1S/C11H12OS/c1-2-4-9(5-3-1)13-11(6-7-11)10-8-12-10/h1-5,10H,6-8H2. The molecule has 13 heavy (non-hydrogen) atoms. The molecule has 0 spiro atoms. The molecule has 1 saturated heterocycles. The normalized spacial score (nSPS) is 28.5. The van der Waals surface area contributed by atoms with Gasteiger partial charge in [-0.15, -0.1) is 11.8 Å². The van der Waals surface area contributed by atoms with Crippen LogP contribution in [0.4, 0.5) is 0 Å². The Morgan fingerprint density at radius 3 is 2.46 bits per heavy atom. The first-order valence-electron chi connectivity index (χ1n) is 4.75. The Hall–Kier alpha value is -0.470. The quantitative estimate of drug-likeness (QED) is 0.683. The minimum Gasteiger partial charge on any atom is -0.372 e. The number of thioether (sulfide) groups is 1. The van der Waals surface area contributed by atoms with Crippen molar-refractivity contribution in [3.8, 4) is 0 Å². The van der Waals surface area contributed by atoms with Crippen molar-refractivity contribution in [2.75, 3.05) is 6.61 Å². The first-order valence-corrected chi connectivity index (χ1v) is 5.56. The minimum atomic E-state index is 0.460.